The average molecular weight is 442 g/mol. The number of carbonyl (C=O) groups excluding carboxylic acids is 2. The van der Waals surface area contributed by atoms with Crippen LogP contribution in [0.2, 0.25) is 0 Å². The summed E-state index contributed by atoms with van der Waals surface area (Å²) in [5.74, 6) is -0.966. The number of nitrogens with zero attached hydrogens (tertiary/aromatic N) is 2. The number of ether oxygens (including phenoxy) is 1. The fraction of sp³-hybridized carbons (Fsp3) is 0.190. The fourth-order valence-electron chi connectivity index (χ4n) is 2.74. The molecule has 0 atom stereocenters. The Balaban J connectivity index is 1.66. The summed E-state index contributed by atoms with van der Waals surface area (Å²) >= 11 is 3.31. The minimum absolute atomic E-state index is 0.372. The zero-order valence-electron chi connectivity index (χ0n) is 15.8. The normalized spacial score (nSPS) is 10.6. The van der Waals surface area contributed by atoms with Gasteiger partial charge in [-0.2, -0.15) is 5.10 Å². The highest BCUT2D eigenvalue weighted by molar-refractivity contribution is 9.10. The number of anilines is 1. The average Bonchev–Trinajstić information content (AvgIpc) is 2.95. The minimum Gasteiger partial charge on any atom is -0.452 e. The van der Waals surface area contributed by atoms with Gasteiger partial charge in [-0.25, -0.2) is 9.48 Å². The van der Waals surface area contributed by atoms with Gasteiger partial charge >= 0.3 is 5.97 Å². The quantitative estimate of drug-likeness (QED) is 0.597. The van der Waals surface area contributed by atoms with E-state index >= 15 is 0 Å². The van der Waals surface area contributed by atoms with Crippen molar-refractivity contribution in [3.63, 3.8) is 0 Å². The molecule has 0 radical (unpaired) electrons. The largest absolute Gasteiger partial charge is 0.452 e. The first kappa shape index (κ1) is 19.8. The fourth-order valence-corrected chi connectivity index (χ4v) is 3.00. The van der Waals surface area contributed by atoms with Crippen molar-refractivity contribution in [1.29, 1.82) is 0 Å². The predicted octanol–water partition coefficient (Wildman–Crippen LogP) is 4.36. The van der Waals surface area contributed by atoms with Gasteiger partial charge in [0.2, 0.25) is 0 Å². The minimum atomic E-state index is -0.550. The van der Waals surface area contributed by atoms with Gasteiger partial charge in [-0.05, 0) is 57.2 Å². The summed E-state index contributed by atoms with van der Waals surface area (Å²) < 4.78 is 7.73. The van der Waals surface area contributed by atoms with Crippen LogP contribution in [-0.2, 0) is 9.53 Å². The molecular weight excluding hydrogens is 422 g/mol. The first-order chi connectivity index (χ1) is 13.3. The summed E-state index contributed by atoms with van der Waals surface area (Å²) in [7, 11) is 0. The summed E-state index contributed by atoms with van der Waals surface area (Å²) in [5, 5.41) is 7.29. The molecule has 0 aliphatic rings. The molecule has 0 spiro atoms. The van der Waals surface area contributed by atoms with Crippen molar-refractivity contribution in [2.45, 2.75) is 20.8 Å². The molecule has 0 aliphatic heterocycles. The van der Waals surface area contributed by atoms with Crippen LogP contribution < -0.4 is 5.32 Å². The van der Waals surface area contributed by atoms with Gasteiger partial charge < -0.3 is 10.1 Å². The van der Waals surface area contributed by atoms with Gasteiger partial charge in [-0.15, -0.1) is 0 Å². The topological polar surface area (TPSA) is 73.2 Å². The monoisotopic (exact) mass is 441 g/mol. The molecule has 0 bridgehead atoms. The maximum atomic E-state index is 12.3. The summed E-state index contributed by atoms with van der Waals surface area (Å²) in [6.07, 6.45) is 0. The smallest absolute Gasteiger partial charge is 0.338 e. The first-order valence-corrected chi connectivity index (χ1v) is 9.50. The Morgan fingerprint density at radius 2 is 1.68 bits per heavy atom. The van der Waals surface area contributed by atoms with Gasteiger partial charge in [0.1, 0.15) is 0 Å². The Labute approximate surface area is 171 Å². The number of rotatable bonds is 5. The van der Waals surface area contributed by atoms with E-state index in [0.717, 1.165) is 21.4 Å². The number of aromatic nitrogens is 2. The molecule has 1 N–H and O–H groups in total. The summed E-state index contributed by atoms with van der Waals surface area (Å²) in [5.41, 5.74) is 4.56. The van der Waals surface area contributed by atoms with Crippen molar-refractivity contribution in [3.8, 4) is 5.69 Å². The number of carbonyl (C=O) groups is 2. The van der Waals surface area contributed by atoms with E-state index in [0.29, 0.717) is 16.9 Å². The van der Waals surface area contributed by atoms with Crippen LogP contribution in [0.4, 0.5) is 5.69 Å². The van der Waals surface area contributed by atoms with Crippen LogP contribution in [-0.4, -0.2) is 28.3 Å². The number of benzene rings is 2. The van der Waals surface area contributed by atoms with Gasteiger partial charge in [0.15, 0.2) is 6.61 Å². The zero-order chi connectivity index (χ0) is 20.3. The van der Waals surface area contributed by atoms with E-state index in [-0.39, 0.29) is 6.61 Å². The van der Waals surface area contributed by atoms with E-state index in [1.165, 1.54) is 0 Å². The van der Waals surface area contributed by atoms with Crippen molar-refractivity contribution in [2.24, 2.45) is 0 Å². The lowest BCUT2D eigenvalue weighted by atomic mass is 10.2. The molecule has 1 aromatic heterocycles. The Bertz CT molecular complexity index is 1010. The van der Waals surface area contributed by atoms with Crippen LogP contribution in [0, 0.1) is 20.8 Å². The molecule has 1 amide bonds. The van der Waals surface area contributed by atoms with Crippen molar-refractivity contribution in [3.05, 3.63) is 75.5 Å². The Hall–Kier alpha value is -2.93. The number of nitrogens with one attached hydrogen (secondary N) is 1. The maximum Gasteiger partial charge on any atom is 0.338 e. The molecule has 144 valence electrons. The van der Waals surface area contributed by atoms with Gasteiger partial charge in [0.05, 0.1) is 28.3 Å². The zero-order valence-corrected chi connectivity index (χ0v) is 17.4. The van der Waals surface area contributed by atoms with Crippen LogP contribution >= 0.6 is 15.9 Å². The third-order valence-electron chi connectivity index (χ3n) is 4.25. The summed E-state index contributed by atoms with van der Waals surface area (Å²) in [6.45, 7) is 5.35. The second-order valence-electron chi connectivity index (χ2n) is 6.42. The number of hydrogen-bond donors (Lipinski definition) is 1. The van der Waals surface area contributed by atoms with Gasteiger partial charge in [-0.1, -0.05) is 33.6 Å². The molecule has 6 nitrogen and oxygen atoms in total. The highest BCUT2D eigenvalue weighted by Gasteiger charge is 2.16. The van der Waals surface area contributed by atoms with E-state index < -0.39 is 11.9 Å². The summed E-state index contributed by atoms with van der Waals surface area (Å²) in [4.78, 5) is 24.3. The number of amides is 1. The molecule has 2 aromatic carbocycles. The Morgan fingerprint density at radius 1 is 1.04 bits per heavy atom. The van der Waals surface area contributed by atoms with Crippen molar-refractivity contribution in [2.75, 3.05) is 11.9 Å². The van der Waals surface area contributed by atoms with E-state index in [1.807, 2.05) is 45.0 Å². The van der Waals surface area contributed by atoms with Crippen molar-refractivity contribution < 1.29 is 14.3 Å². The lowest BCUT2D eigenvalue weighted by Crippen LogP contribution is -2.21. The number of hydrogen-bond acceptors (Lipinski definition) is 4. The van der Waals surface area contributed by atoms with Gasteiger partial charge in [0, 0.05) is 4.47 Å². The van der Waals surface area contributed by atoms with E-state index in [4.69, 9.17) is 4.74 Å². The molecule has 3 aromatic rings. The summed E-state index contributed by atoms with van der Waals surface area (Å²) in [6, 6.07) is 14.7. The molecule has 0 saturated carbocycles. The standard InChI is InChI=1S/C21H20BrN3O3/c1-13-4-10-18(11-5-13)25-15(3)20(14(2)24-25)23-19(26)12-28-21(27)16-6-8-17(22)9-7-16/h4-11H,12H2,1-3H3,(H,23,26). The maximum absolute atomic E-state index is 12.3. The first-order valence-electron chi connectivity index (χ1n) is 8.71. The van der Waals surface area contributed by atoms with Crippen LogP contribution in [0.3, 0.4) is 0 Å². The van der Waals surface area contributed by atoms with Crippen LogP contribution in [0.5, 0.6) is 0 Å². The van der Waals surface area contributed by atoms with Gasteiger partial charge in [0.25, 0.3) is 5.91 Å². The van der Waals surface area contributed by atoms with E-state index in [2.05, 4.69) is 26.3 Å². The Morgan fingerprint density at radius 3 is 2.32 bits per heavy atom. The third kappa shape index (κ3) is 4.48. The molecule has 1 heterocycles. The third-order valence-corrected chi connectivity index (χ3v) is 4.78. The predicted molar refractivity (Wildman–Crippen MR) is 111 cm³/mol. The highest BCUT2D eigenvalue weighted by atomic mass is 79.9. The van der Waals surface area contributed by atoms with E-state index in [9.17, 15) is 9.59 Å². The second kappa shape index (κ2) is 8.39. The van der Waals surface area contributed by atoms with Crippen LogP contribution in [0.15, 0.2) is 53.0 Å². The number of aryl methyl sites for hydroxylation is 2. The molecule has 3 rings (SSSR count). The van der Waals surface area contributed by atoms with Gasteiger partial charge in [-0.3, -0.25) is 4.79 Å². The highest BCUT2D eigenvalue weighted by Crippen LogP contribution is 2.23. The molecule has 7 heteroatoms. The molecule has 0 saturated heterocycles. The number of halogens is 1. The van der Waals surface area contributed by atoms with Crippen molar-refractivity contribution >= 4 is 33.5 Å². The molecular formula is C21H20BrN3O3. The lowest BCUT2D eigenvalue weighted by Gasteiger charge is -2.08. The molecule has 0 unspecified atom stereocenters. The molecule has 0 fully saturated rings. The molecule has 28 heavy (non-hydrogen) atoms. The molecule has 0 aliphatic carbocycles. The van der Waals surface area contributed by atoms with Crippen LogP contribution in [0.1, 0.15) is 27.3 Å². The lowest BCUT2D eigenvalue weighted by molar-refractivity contribution is -0.119. The van der Waals surface area contributed by atoms with Crippen LogP contribution in [0.25, 0.3) is 5.69 Å². The Kier molecular flexibility index (Phi) is 5.94. The second-order valence-corrected chi connectivity index (χ2v) is 7.34. The number of esters is 1. The van der Waals surface area contributed by atoms with Crippen molar-refractivity contribution in [1.82, 2.24) is 9.78 Å². The SMILES string of the molecule is Cc1ccc(-n2nc(C)c(NC(=O)COC(=O)c3ccc(Br)cc3)c2C)cc1. The van der Waals surface area contributed by atoms with E-state index in [1.54, 1.807) is 28.9 Å².